The molecule has 29 heavy (non-hydrogen) atoms. The van der Waals surface area contributed by atoms with Crippen molar-refractivity contribution >= 4 is 11.9 Å². The Morgan fingerprint density at radius 3 is 1.31 bits per heavy atom. The van der Waals surface area contributed by atoms with Gasteiger partial charge in [0.2, 0.25) is 0 Å². The molecule has 0 rings (SSSR count). The molecule has 4 nitrogen and oxygen atoms in total. The fraction of sp³-hybridized carbons (Fsp3) is 0.920. The topological polar surface area (TPSA) is 63.6 Å². The van der Waals surface area contributed by atoms with Gasteiger partial charge in [0.1, 0.15) is 0 Å². The van der Waals surface area contributed by atoms with Crippen LogP contribution in [0.2, 0.25) is 0 Å². The van der Waals surface area contributed by atoms with Gasteiger partial charge in [-0.1, -0.05) is 104 Å². The minimum atomic E-state index is -0.670. The molecule has 0 heterocycles. The van der Waals surface area contributed by atoms with Crippen LogP contribution in [0.4, 0.5) is 0 Å². The van der Waals surface area contributed by atoms with E-state index in [1.807, 2.05) is 13.8 Å². The lowest BCUT2D eigenvalue weighted by molar-refractivity contribution is -0.147. The molecule has 0 amide bonds. The van der Waals surface area contributed by atoms with Crippen molar-refractivity contribution < 1.29 is 19.4 Å². The summed E-state index contributed by atoms with van der Waals surface area (Å²) in [7, 11) is 0. The van der Waals surface area contributed by atoms with Crippen molar-refractivity contribution in [1.29, 1.82) is 0 Å². The first-order valence-electron chi connectivity index (χ1n) is 12.3. The standard InChI is InChI=1S/C17H34O2.C8H16O2/c1-4-5-6-7-8-9-10-11-12-13-14-15-17(18)19-16(2)3;1-2-3-4-5-6-7-8(9)10/h16H,4-15H2,1-3H3;2-7H2,1H3,(H,9,10). The Hall–Kier alpha value is -1.06. The average molecular weight is 415 g/mol. The number of carbonyl (C=O) groups is 2. The van der Waals surface area contributed by atoms with Crippen LogP contribution in [-0.2, 0) is 14.3 Å². The second-order valence-electron chi connectivity index (χ2n) is 8.38. The molecular weight excluding hydrogens is 364 g/mol. The highest BCUT2D eigenvalue weighted by Crippen LogP contribution is 2.12. The van der Waals surface area contributed by atoms with Gasteiger partial charge in [0.15, 0.2) is 0 Å². The van der Waals surface area contributed by atoms with Crippen molar-refractivity contribution in [3.05, 3.63) is 0 Å². The van der Waals surface area contributed by atoms with Crippen LogP contribution in [0, 0.1) is 0 Å². The molecule has 0 aromatic heterocycles. The largest absolute Gasteiger partial charge is 0.481 e. The Bertz CT molecular complexity index is 353. The van der Waals surface area contributed by atoms with E-state index in [1.54, 1.807) is 0 Å². The third-order valence-electron chi connectivity index (χ3n) is 4.85. The third kappa shape index (κ3) is 31.8. The molecule has 1 N–H and O–H groups in total. The molecule has 0 saturated carbocycles. The number of carboxylic acid groups (broad SMARTS) is 1. The van der Waals surface area contributed by atoms with E-state index in [2.05, 4.69) is 13.8 Å². The molecule has 0 saturated heterocycles. The number of hydrogen-bond acceptors (Lipinski definition) is 3. The lowest BCUT2D eigenvalue weighted by Crippen LogP contribution is -2.10. The van der Waals surface area contributed by atoms with E-state index in [4.69, 9.17) is 9.84 Å². The molecule has 0 spiro atoms. The fourth-order valence-corrected chi connectivity index (χ4v) is 3.14. The van der Waals surface area contributed by atoms with Gasteiger partial charge in [-0.2, -0.15) is 0 Å². The number of carboxylic acids is 1. The zero-order valence-electron chi connectivity index (χ0n) is 20.0. The Morgan fingerprint density at radius 2 is 0.966 bits per heavy atom. The molecule has 0 bridgehead atoms. The lowest BCUT2D eigenvalue weighted by atomic mass is 10.1. The highest BCUT2D eigenvalue weighted by atomic mass is 16.5. The minimum absolute atomic E-state index is 0.0280. The molecule has 0 aromatic carbocycles. The number of ether oxygens (including phenoxy) is 1. The fourth-order valence-electron chi connectivity index (χ4n) is 3.14. The zero-order valence-corrected chi connectivity index (χ0v) is 20.0. The maximum absolute atomic E-state index is 11.3. The Balaban J connectivity index is 0. The average Bonchev–Trinajstić information content (AvgIpc) is 2.65. The maximum Gasteiger partial charge on any atom is 0.306 e. The second-order valence-corrected chi connectivity index (χ2v) is 8.38. The van der Waals surface area contributed by atoms with Crippen LogP contribution < -0.4 is 0 Å². The van der Waals surface area contributed by atoms with Gasteiger partial charge in [-0.15, -0.1) is 0 Å². The van der Waals surface area contributed by atoms with E-state index in [0.29, 0.717) is 12.8 Å². The molecule has 174 valence electrons. The van der Waals surface area contributed by atoms with Crippen molar-refractivity contribution in [3.63, 3.8) is 0 Å². The smallest absolute Gasteiger partial charge is 0.306 e. The van der Waals surface area contributed by atoms with Gasteiger partial charge in [-0.25, -0.2) is 0 Å². The molecule has 0 radical (unpaired) electrons. The molecule has 0 unspecified atom stereocenters. The van der Waals surface area contributed by atoms with Crippen LogP contribution in [0.5, 0.6) is 0 Å². The number of rotatable bonds is 19. The summed E-state index contributed by atoms with van der Waals surface area (Å²) >= 11 is 0. The number of carbonyl (C=O) groups excluding carboxylic acids is 1. The van der Waals surface area contributed by atoms with Crippen molar-refractivity contribution in [2.45, 2.75) is 149 Å². The van der Waals surface area contributed by atoms with Crippen LogP contribution in [0.3, 0.4) is 0 Å². The predicted molar refractivity (Wildman–Crippen MR) is 123 cm³/mol. The first-order chi connectivity index (χ1) is 13.9. The van der Waals surface area contributed by atoms with Crippen LogP contribution in [0.1, 0.15) is 143 Å². The molecular formula is C25H50O4. The lowest BCUT2D eigenvalue weighted by Gasteiger charge is -2.07. The van der Waals surface area contributed by atoms with Crippen molar-refractivity contribution in [2.24, 2.45) is 0 Å². The number of unbranched alkanes of at least 4 members (excludes halogenated alkanes) is 14. The Labute approximate surface area is 181 Å². The summed E-state index contributed by atoms with van der Waals surface area (Å²) in [5.41, 5.74) is 0. The Morgan fingerprint density at radius 1 is 0.621 bits per heavy atom. The first kappa shape index (κ1) is 30.1. The normalized spacial score (nSPS) is 10.5. The SMILES string of the molecule is CCCCCCCC(=O)O.CCCCCCCCCCCCCC(=O)OC(C)C. The van der Waals surface area contributed by atoms with Gasteiger partial charge >= 0.3 is 11.9 Å². The number of hydrogen-bond donors (Lipinski definition) is 1. The van der Waals surface area contributed by atoms with E-state index in [0.717, 1.165) is 19.3 Å². The van der Waals surface area contributed by atoms with Gasteiger partial charge < -0.3 is 9.84 Å². The van der Waals surface area contributed by atoms with Gasteiger partial charge in [0.25, 0.3) is 0 Å². The summed E-state index contributed by atoms with van der Waals surface area (Å²) in [4.78, 5) is 21.3. The highest BCUT2D eigenvalue weighted by molar-refractivity contribution is 5.69. The summed E-state index contributed by atoms with van der Waals surface area (Å²) in [5.74, 6) is -0.706. The molecule has 0 atom stereocenters. The third-order valence-corrected chi connectivity index (χ3v) is 4.85. The van der Waals surface area contributed by atoms with Crippen LogP contribution >= 0.6 is 0 Å². The quantitative estimate of drug-likeness (QED) is 0.171. The van der Waals surface area contributed by atoms with Crippen LogP contribution in [-0.4, -0.2) is 23.1 Å². The molecule has 0 aliphatic carbocycles. The van der Waals surface area contributed by atoms with Gasteiger partial charge in [-0.05, 0) is 26.7 Å². The molecule has 0 aliphatic heterocycles. The molecule has 4 heteroatoms. The van der Waals surface area contributed by atoms with Crippen LogP contribution in [0.15, 0.2) is 0 Å². The van der Waals surface area contributed by atoms with Gasteiger partial charge in [0, 0.05) is 12.8 Å². The van der Waals surface area contributed by atoms with E-state index in [1.165, 1.54) is 83.5 Å². The molecule has 0 aromatic rings. The Kier molecular flexibility index (Phi) is 26.0. The predicted octanol–water partition coefficient (Wildman–Crippen LogP) is 8.07. The zero-order chi connectivity index (χ0) is 22.2. The summed E-state index contributed by atoms with van der Waals surface area (Å²) < 4.78 is 5.10. The summed E-state index contributed by atoms with van der Waals surface area (Å²) in [6.45, 7) is 8.21. The highest BCUT2D eigenvalue weighted by Gasteiger charge is 2.04. The second kappa shape index (κ2) is 25.0. The summed E-state index contributed by atoms with van der Waals surface area (Å²) in [6.07, 6.45) is 21.0. The van der Waals surface area contributed by atoms with E-state index in [9.17, 15) is 9.59 Å². The summed E-state index contributed by atoms with van der Waals surface area (Å²) in [5, 5.41) is 8.27. The van der Waals surface area contributed by atoms with Gasteiger partial charge in [-0.3, -0.25) is 9.59 Å². The number of aliphatic carboxylic acids is 1. The number of esters is 1. The molecule has 0 aliphatic rings. The first-order valence-corrected chi connectivity index (χ1v) is 12.3. The van der Waals surface area contributed by atoms with E-state index >= 15 is 0 Å². The van der Waals surface area contributed by atoms with Gasteiger partial charge in [0.05, 0.1) is 6.10 Å². The van der Waals surface area contributed by atoms with E-state index < -0.39 is 5.97 Å². The van der Waals surface area contributed by atoms with Crippen LogP contribution in [0.25, 0.3) is 0 Å². The monoisotopic (exact) mass is 414 g/mol. The minimum Gasteiger partial charge on any atom is -0.481 e. The van der Waals surface area contributed by atoms with Crippen molar-refractivity contribution in [3.8, 4) is 0 Å². The van der Waals surface area contributed by atoms with E-state index in [-0.39, 0.29) is 12.1 Å². The summed E-state index contributed by atoms with van der Waals surface area (Å²) in [6, 6.07) is 0. The maximum atomic E-state index is 11.3. The van der Waals surface area contributed by atoms with Crippen molar-refractivity contribution in [2.75, 3.05) is 0 Å². The molecule has 0 fully saturated rings. The van der Waals surface area contributed by atoms with Crippen molar-refractivity contribution in [1.82, 2.24) is 0 Å².